The highest BCUT2D eigenvalue weighted by atomic mass is 35.5. The highest BCUT2D eigenvalue weighted by molar-refractivity contribution is 7.18. The molecule has 0 radical (unpaired) electrons. The highest BCUT2D eigenvalue weighted by Gasteiger charge is 2.27. The SMILES string of the molecule is COC(=O)c1sc(NC(=O)Cn2nnc(-c3cccc(Cl)c3)n2)c(C(=O)OC)c1C. The number of carbonyl (C=O) groups excluding carboxylic acids is 3. The number of carbonyl (C=O) groups is 3. The van der Waals surface area contributed by atoms with E-state index in [2.05, 4.69) is 20.7 Å². The number of tetrazole rings is 1. The van der Waals surface area contributed by atoms with Crippen molar-refractivity contribution in [2.24, 2.45) is 0 Å². The van der Waals surface area contributed by atoms with Crippen LogP contribution in [0.15, 0.2) is 24.3 Å². The van der Waals surface area contributed by atoms with Crippen LogP contribution in [0.5, 0.6) is 0 Å². The largest absolute Gasteiger partial charge is 0.465 e. The molecule has 156 valence electrons. The van der Waals surface area contributed by atoms with Gasteiger partial charge >= 0.3 is 11.9 Å². The Morgan fingerprint density at radius 1 is 1.20 bits per heavy atom. The van der Waals surface area contributed by atoms with Crippen molar-refractivity contribution in [1.29, 1.82) is 0 Å². The van der Waals surface area contributed by atoms with Crippen LogP contribution in [-0.2, 0) is 20.8 Å². The predicted octanol–water partition coefficient (Wildman–Crippen LogP) is 2.58. The van der Waals surface area contributed by atoms with Gasteiger partial charge in [-0.2, -0.15) is 4.80 Å². The minimum atomic E-state index is -0.684. The molecule has 0 saturated heterocycles. The van der Waals surface area contributed by atoms with Crippen LogP contribution in [0.2, 0.25) is 5.02 Å². The second-order valence-electron chi connectivity index (χ2n) is 5.95. The number of ether oxygens (including phenoxy) is 2. The quantitative estimate of drug-likeness (QED) is 0.569. The Morgan fingerprint density at radius 2 is 1.93 bits per heavy atom. The van der Waals surface area contributed by atoms with Crippen LogP contribution in [0.25, 0.3) is 11.4 Å². The fourth-order valence-electron chi connectivity index (χ4n) is 2.58. The molecular weight excluding hydrogens is 434 g/mol. The number of benzene rings is 1. The number of hydrogen-bond acceptors (Lipinski definition) is 9. The summed E-state index contributed by atoms with van der Waals surface area (Å²) in [5.41, 5.74) is 1.09. The van der Waals surface area contributed by atoms with Gasteiger partial charge in [-0.15, -0.1) is 21.5 Å². The minimum Gasteiger partial charge on any atom is -0.465 e. The Hall–Kier alpha value is -3.31. The van der Waals surface area contributed by atoms with Gasteiger partial charge in [0.2, 0.25) is 11.7 Å². The molecule has 0 aliphatic carbocycles. The molecule has 0 fully saturated rings. The van der Waals surface area contributed by atoms with Crippen LogP contribution in [0, 0.1) is 6.92 Å². The Labute approximate surface area is 179 Å². The van der Waals surface area contributed by atoms with Gasteiger partial charge in [0, 0.05) is 10.6 Å². The third kappa shape index (κ3) is 4.47. The zero-order valence-corrected chi connectivity index (χ0v) is 17.7. The molecule has 10 nitrogen and oxygen atoms in total. The van der Waals surface area contributed by atoms with E-state index in [0.717, 1.165) is 16.1 Å². The maximum Gasteiger partial charge on any atom is 0.348 e. The van der Waals surface area contributed by atoms with Crippen molar-refractivity contribution in [2.45, 2.75) is 13.5 Å². The minimum absolute atomic E-state index is 0.0856. The normalized spacial score (nSPS) is 10.5. The molecule has 2 heterocycles. The molecule has 0 aliphatic heterocycles. The van der Waals surface area contributed by atoms with Crippen LogP contribution >= 0.6 is 22.9 Å². The number of methoxy groups -OCH3 is 2. The number of amides is 1. The van der Waals surface area contributed by atoms with Gasteiger partial charge in [-0.25, -0.2) is 9.59 Å². The molecule has 2 aromatic heterocycles. The van der Waals surface area contributed by atoms with E-state index >= 15 is 0 Å². The standard InChI is InChI=1S/C18H16ClN5O5S/c1-9-13(17(26)28-2)16(30-14(9)18(27)29-3)20-12(25)8-24-22-15(21-23-24)10-5-4-6-11(19)7-10/h4-7H,8H2,1-3H3,(H,20,25). The van der Waals surface area contributed by atoms with E-state index in [1.165, 1.54) is 14.2 Å². The Balaban J connectivity index is 1.80. The second kappa shape index (κ2) is 9.01. The number of esters is 2. The van der Waals surface area contributed by atoms with Crippen molar-refractivity contribution < 1.29 is 23.9 Å². The van der Waals surface area contributed by atoms with Gasteiger partial charge < -0.3 is 14.8 Å². The van der Waals surface area contributed by atoms with Gasteiger partial charge in [0.1, 0.15) is 16.4 Å². The smallest absolute Gasteiger partial charge is 0.348 e. The maximum absolute atomic E-state index is 12.5. The summed E-state index contributed by atoms with van der Waals surface area (Å²) in [5.74, 6) is -1.52. The molecule has 1 N–H and O–H groups in total. The first kappa shape index (κ1) is 21.4. The number of thiophene rings is 1. The van der Waals surface area contributed by atoms with Crippen molar-refractivity contribution in [1.82, 2.24) is 20.2 Å². The van der Waals surface area contributed by atoms with Gasteiger partial charge in [-0.3, -0.25) is 4.79 Å². The number of rotatable bonds is 6. The molecular formula is C18H16ClN5O5S. The molecule has 12 heteroatoms. The molecule has 0 saturated carbocycles. The lowest BCUT2D eigenvalue weighted by molar-refractivity contribution is -0.117. The van der Waals surface area contributed by atoms with E-state index in [-0.39, 0.29) is 22.0 Å². The van der Waals surface area contributed by atoms with Crippen LogP contribution < -0.4 is 5.32 Å². The van der Waals surface area contributed by atoms with E-state index in [1.807, 2.05) is 0 Å². The van der Waals surface area contributed by atoms with Crippen molar-refractivity contribution in [3.8, 4) is 11.4 Å². The van der Waals surface area contributed by atoms with Crippen LogP contribution in [0.4, 0.5) is 5.00 Å². The van der Waals surface area contributed by atoms with Gasteiger partial charge in [0.15, 0.2) is 0 Å². The Morgan fingerprint density at radius 3 is 2.60 bits per heavy atom. The summed E-state index contributed by atoms with van der Waals surface area (Å²) in [6.45, 7) is 1.31. The van der Waals surface area contributed by atoms with Crippen LogP contribution in [-0.4, -0.2) is 52.3 Å². The fraction of sp³-hybridized carbons (Fsp3) is 0.222. The first-order valence-electron chi connectivity index (χ1n) is 8.47. The number of anilines is 1. The molecule has 0 bridgehead atoms. The number of aromatic nitrogens is 4. The molecule has 0 spiro atoms. The molecule has 0 aliphatic rings. The predicted molar refractivity (Wildman–Crippen MR) is 109 cm³/mol. The molecule has 0 atom stereocenters. The molecule has 1 amide bonds. The molecule has 3 rings (SSSR count). The Bertz CT molecular complexity index is 1130. The lowest BCUT2D eigenvalue weighted by Gasteiger charge is -2.05. The van der Waals surface area contributed by atoms with Crippen molar-refractivity contribution >= 4 is 45.8 Å². The van der Waals surface area contributed by atoms with Crippen LogP contribution in [0.1, 0.15) is 25.6 Å². The van der Waals surface area contributed by atoms with E-state index < -0.39 is 17.8 Å². The van der Waals surface area contributed by atoms with Gasteiger partial charge in [0.25, 0.3) is 0 Å². The number of nitrogens with one attached hydrogen (secondary N) is 1. The van der Waals surface area contributed by atoms with E-state index in [0.29, 0.717) is 22.0 Å². The summed E-state index contributed by atoms with van der Waals surface area (Å²) in [6.07, 6.45) is 0. The number of halogens is 1. The number of hydrogen-bond donors (Lipinski definition) is 1. The van der Waals surface area contributed by atoms with Crippen molar-refractivity contribution in [3.05, 3.63) is 45.3 Å². The third-order valence-corrected chi connectivity index (χ3v) is 5.40. The summed E-state index contributed by atoms with van der Waals surface area (Å²) < 4.78 is 9.48. The zero-order chi connectivity index (χ0) is 21.8. The highest BCUT2D eigenvalue weighted by Crippen LogP contribution is 2.34. The van der Waals surface area contributed by atoms with Gasteiger partial charge in [-0.1, -0.05) is 23.7 Å². The third-order valence-electron chi connectivity index (χ3n) is 3.98. The topological polar surface area (TPSA) is 125 Å². The summed E-state index contributed by atoms with van der Waals surface area (Å²) >= 11 is 6.88. The van der Waals surface area contributed by atoms with E-state index in [1.54, 1.807) is 31.2 Å². The first-order valence-corrected chi connectivity index (χ1v) is 9.67. The average Bonchev–Trinajstić information content (AvgIpc) is 3.31. The lowest BCUT2D eigenvalue weighted by atomic mass is 10.1. The summed E-state index contributed by atoms with van der Waals surface area (Å²) in [7, 11) is 2.44. The monoisotopic (exact) mass is 449 g/mol. The summed E-state index contributed by atoms with van der Waals surface area (Å²) in [5, 5.41) is 15.2. The van der Waals surface area contributed by atoms with E-state index in [4.69, 9.17) is 21.1 Å². The molecule has 30 heavy (non-hydrogen) atoms. The fourth-order valence-corrected chi connectivity index (χ4v) is 3.90. The summed E-state index contributed by atoms with van der Waals surface area (Å²) in [4.78, 5) is 37.8. The average molecular weight is 450 g/mol. The van der Waals surface area contributed by atoms with E-state index in [9.17, 15) is 14.4 Å². The first-order chi connectivity index (χ1) is 14.3. The van der Waals surface area contributed by atoms with Crippen LogP contribution in [0.3, 0.4) is 0 Å². The van der Waals surface area contributed by atoms with Crippen molar-refractivity contribution in [2.75, 3.05) is 19.5 Å². The second-order valence-corrected chi connectivity index (χ2v) is 7.40. The zero-order valence-electron chi connectivity index (χ0n) is 16.1. The molecule has 0 unspecified atom stereocenters. The number of nitrogens with zero attached hydrogens (tertiary/aromatic N) is 4. The Kier molecular flexibility index (Phi) is 6.43. The molecule has 3 aromatic rings. The lowest BCUT2D eigenvalue weighted by Crippen LogP contribution is -2.21. The van der Waals surface area contributed by atoms with Gasteiger partial charge in [-0.05, 0) is 29.8 Å². The van der Waals surface area contributed by atoms with Crippen molar-refractivity contribution in [3.63, 3.8) is 0 Å². The maximum atomic E-state index is 12.5. The summed E-state index contributed by atoms with van der Waals surface area (Å²) in [6, 6.07) is 6.90. The molecule has 1 aromatic carbocycles. The van der Waals surface area contributed by atoms with Gasteiger partial charge in [0.05, 0.1) is 19.8 Å².